The van der Waals surface area contributed by atoms with Crippen molar-refractivity contribution in [1.82, 2.24) is 0 Å². The maximum atomic E-state index is 13.2. The minimum Gasteiger partial charge on any atom is -0.410 e. The average molecular weight is 422 g/mol. The quantitative estimate of drug-likeness (QED) is 0.580. The van der Waals surface area contributed by atoms with Gasteiger partial charge in [0.05, 0.1) is 18.9 Å². The summed E-state index contributed by atoms with van der Waals surface area (Å²) in [5.41, 5.74) is 5.55. The first-order chi connectivity index (χ1) is 14.3. The van der Waals surface area contributed by atoms with E-state index in [2.05, 4.69) is 31.1 Å². The predicted octanol–water partition coefficient (Wildman–Crippen LogP) is 3.94. The fraction of sp³-hybridized carbons (Fsp3) is 0.292. The van der Waals surface area contributed by atoms with E-state index >= 15 is 0 Å². The topological polar surface area (TPSA) is 70.0 Å². The molecule has 30 heavy (non-hydrogen) atoms. The van der Waals surface area contributed by atoms with E-state index < -0.39 is 26.1 Å². The number of aliphatic hydroxyl groups is 2. The van der Waals surface area contributed by atoms with E-state index in [1.807, 2.05) is 36.4 Å². The fourth-order valence-electron chi connectivity index (χ4n) is 3.27. The number of nitrogens with zero attached hydrogens (tertiary/aromatic N) is 1. The first-order valence-electron chi connectivity index (χ1n) is 9.95. The summed E-state index contributed by atoms with van der Waals surface area (Å²) in [6.07, 6.45) is 1.34. The third-order valence-corrected chi connectivity index (χ3v) is 5.61. The van der Waals surface area contributed by atoms with Gasteiger partial charge in [0.2, 0.25) is 0 Å². The van der Waals surface area contributed by atoms with Crippen molar-refractivity contribution in [2.45, 2.75) is 25.7 Å². The van der Waals surface area contributed by atoms with E-state index in [1.165, 1.54) is 0 Å². The van der Waals surface area contributed by atoms with E-state index in [9.17, 15) is 15.0 Å². The van der Waals surface area contributed by atoms with Crippen molar-refractivity contribution in [2.24, 2.45) is 5.92 Å². The molecule has 1 aliphatic heterocycles. The lowest BCUT2D eigenvalue weighted by atomic mass is 9.87. The Kier molecular flexibility index (Phi) is 6.78. The molecule has 5 nitrogen and oxygen atoms in total. The van der Waals surface area contributed by atoms with Gasteiger partial charge >= 0.3 is 6.09 Å². The molecular formula is C24H27NO4Si. The molecule has 0 radical (unpaired) electrons. The lowest BCUT2D eigenvalue weighted by Crippen LogP contribution is -2.44. The molecule has 1 amide bonds. The molecule has 0 spiro atoms. The number of anilines is 1. The van der Waals surface area contributed by atoms with Crippen LogP contribution in [0.4, 0.5) is 10.5 Å². The zero-order valence-electron chi connectivity index (χ0n) is 17.5. The van der Waals surface area contributed by atoms with Crippen molar-refractivity contribution < 1.29 is 19.7 Å². The normalized spacial score (nSPS) is 15.7. The second-order valence-electron chi connectivity index (χ2n) is 8.22. The molecule has 2 aromatic carbocycles. The van der Waals surface area contributed by atoms with Crippen LogP contribution in [-0.2, 0) is 0 Å². The standard InChI is InChI=1S/C24H27NO4Si/c1-30(2,3)14-13-19-15-22(18(16-26)17-27)21-11-7-8-12-23(21)25(19)24(28)29-20-9-5-4-6-10-20/h4-12,15,18-19,26-27H,16-17H2,1-3H3/t19-/m0/s1. The van der Waals surface area contributed by atoms with Gasteiger partial charge in [0, 0.05) is 11.5 Å². The number of hydrogen-bond acceptors (Lipinski definition) is 4. The molecule has 0 aromatic heterocycles. The van der Waals surface area contributed by atoms with Gasteiger partial charge in [0.1, 0.15) is 19.9 Å². The van der Waals surface area contributed by atoms with Crippen LogP contribution in [0, 0.1) is 17.4 Å². The molecule has 0 unspecified atom stereocenters. The number of hydrogen-bond donors (Lipinski definition) is 2. The van der Waals surface area contributed by atoms with Gasteiger partial charge in [-0.1, -0.05) is 62.0 Å². The Labute approximate surface area is 178 Å². The van der Waals surface area contributed by atoms with Crippen LogP contribution in [0.3, 0.4) is 0 Å². The number of carbonyl (C=O) groups is 1. The first kappa shape index (κ1) is 21.8. The number of carbonyl (C=O) groups excluding carboxylic acids is 1. The Morgan fingerprint density at radius 1 is 1.07 bits per heavy atom. The van der Waals surface area contributed by atoms with Crippen molar-refractivity contribution in [3.63, 3.8) is 0 Å². The van der Waals surface area contributed by atoms with Crippen molar-refractivity contribution in [2.75, 3.05) is 18.1 Å². The maximum absolute atomic E-state index is 13.2. The van der Waals surface area contributed by atoms with Crippen molar-refractivity contribution >= 4 is 25.4 Å². The van der Waals surface area contributed by atoms with E-state index in [4.69, 9.17) is 4.74 Å². The number of ether oxygens (including phenoxy) is 1. The second-order valence-corrected chi connectivity index (χ2v) is 13.0. The number of aliphatic hydroxyl groups excluding tert-OH is 2. The van der Waals surface area contributed by atoms with Crippen LogP contribution in [0.5, 0.6) is 5.75 Å². The SMILES string of the molecule is C[Si](C)(C)C#C[C@H]1C=C(C(CO)CO)c2ccccc2N1C(=O)Oc1ccccc1. The van der Waals surface area contributed by atoms with E-state index in [1.54, 1.807) is 29.2 Å². The summed E-state index contributed by atoms with van der Waals surface area (Å²) in [4.78, 5) is 14.7. The molecule has 2 aromatic rings. The highest BCUT2D eigenvalue weighted by molar-refractivity contribution is 6.83. The minimum absolute atomic E-state index is 0.195. The fourth-order valence-corrected chi connectivity index (χ4v) is 3.85. The molecule has 1 heterocycles. The molecule has 1 atom stereocenters. The van der Waals surface area contributed by atoms with Crippen LogP contribution in [-0.4, -0.2) is 43.6 Å². The Bertz CT molecular complexity index is 982. The predicted molar refractivity (Wildman–Crippen MR) is 122 cm³/mol. The molecule has 1 aliphatic rings. The lowest BCUT2D eigenvalue weighted by Gasteiger charge is -2.34. The summed E-state index contributed by atoms with van der Waals surface area (Å²) in [6, 6.07) is 15.8. The smallest absolute Gasteiger partial charge is 0.410 e. The summed E-state index contributed by atoms with van der Waals surface area (Å²) >= 11 is 0. The summed E-state index contributed by atoms with van der Waals surface area (Å²) in [6.45, 7) is 6.02. The van der Waals surface area contributed by atoms with Crippen LogP contribution >= 0.6 is 0 Å². The van der Waals surface area contributed by atoms with E-state index in [-0.39, 0.29) is 13.2 Å². The van der Waals surface area contributed by atoms with Gasteiger partial charge in [-0.3, -0.25) is 4.90 Å². The van der Waals surface area contributed by atoms with Gasteiger partial charge in [0.25, 0.3) is 0 Å². The van der Waals surface area contributed by atoms with Gasteiger partial charge in [-0.2, -0.15) is 0 Å². The van der Waals surface area contributed by atoms with Crippen molar-refractivity contribution in [3.8, 4) is 17.2 Å². The van der Waals surface area contributed by atoms with Gasteiger partial charge in [-0.15, -0.1) is 5.54 Å². The van der Waals surface area contributed by atoms with Crippen molar-refractivity contribution in [3.05, 3.63) is 66.2 Å². The van der Waals surface area contributed by atoms with E-state index in [0.29, 0.717) is 11.4 Å². The zero-order chi connectivity index (χ0) is 21.7. The summed E-state index contributed by atoms with van der Waals surface area (Å²) < 4.78 is 5.62. The number of para-hydroxylation sites is 2. The Balaban J connectivity index is 2.09. The number of amides is 1. The minimum atomic E-state index is -1.71. The van der Waals surface area contributed by atoms with Crippen LogP contribution in [0.2, 0.25) is 19.6 Å². The lowest BCUT2D eigenvalue weighted by molar-refractivity contribution is 0.182. The average Bonchev–Trinajstić information content (AvgIpc) is 2.73. The number of fused-ring (bicyclic) bond motifs is 1. The molecular weight excluding hydrogens is 394 g/mol. The highest BCUT2D eigenvalue weighted by atomic mass is 28.3. The zero-order valence-corrected chi connectivity index (χ0v) is 18.5. The van der Waals surface area contributed by atoms with Crippen LogP contribution in [0.25, 0.3) is 5.57 Å². The van der Waals surface area contributed by atoms with Crippen molar-refractivity contribution in [1.29, 1.82) is 0 Å². The Hall–Kier alpha value is -2.85. The van der Waals surface area contributed by atoms with Gasteiger partial charge in [-0.25, -0.2) is 4.79 Å². The Morgan fingerprint density at radius 2 is 1.70 bits per heavy atom. The van der Waals surface area contributed by atoms with Crippen LogP contribution in [0.15, 0.2) is 60.7 Å². The summed E-state index contributed by atoms with van der Waals surface area (Å²) in [5.74, 6) is 3.25. The number of rotatable bonds is 4. The van der Waals surface area contributed by atoms with Crippen LogP contribution < -0.4 is 9.64 Å². The molecule has 0 aliphatic carbocycles. The molecule has 0 saturated heterocycles. The Morgan fingerprint density at radius 3 is 2.33 bits per heavy atom. The number of benzene rings is 2. The van der Waals surface area contributed by atoms with Gasteiger partial charge < -0.3 is 14.9 Å². The van der Waals surface area contributed by atoms with E-state index in [0.717, 1.165) is 11.1 Å². The third-order valence-electron chi connectivity index (χ3n) is 4.71. The highest BCUT2D eigenvalue weighted by Gasteiger charge is 2.33. The monoisotopic (exact) mass is 421 g/mol. The molecule has 156 valence electrons. The summed E-state index contributed by atoms with van der Waals surface area (Å²) in [7, 11) is -1.71. The largest absolute Gasteiger partial charge is 0.421 e. The maximum Gasteiger partial charge on any atom is 0.421 e. The molecule has 0 bridgehead atoms. The van der Waals surface area contributed by atoms with Gasteiger partial charge in [0.15, 0.2) is 0 Å². The highest BCUT2D eigenvalue weighted by Crippen LogP contribution is 2.38. The second kappa shape index (κ2) is 9.31. The molecule has 2 N–H and O–H groups in total. The molecule has 6 heteroatoms. The third kappa shape index (κ3) is 5.00. The molecule has 0 saturated carbocycles. The van der Waals surface area contributed by atoms with Gasteiger partial charge in [-0.05, 0) is 29.8 Å². The van der Waals surface area contributed by atoms with Crippen LogP contribution in [0.1, 0.15) is 5.56 Å². The molecule has 3 rings (SSSR count). The molecule has 0 fully saturated rings. The first-order valence-corrected chi connectivity index (χ1v) is 13.5. The summed E-state index contributed by atoms with van der Waals surface area (Å²) in [5, 5.41) is 19.6.